The zero-order valence-electron chi connectivity index (χ0n) is 14.3. The Morgan fingerprint density at radius 1 is 1.10 bits per heavy atom. The Kier molecular flexibility index (Phi) is 4.06. The fraction of sp³-hybridized carbons (Fsp3) is 0.944. The maximum Gasteiger partial charge on any atom is 0.225 e. The minimum atomic E-state index is 0.279. The summed E-state index contributed by atoms with van der Waals surface area (Å²) in [6.45, 7) is 11.4. The molecule has 2 unspecified atom stereocenters. The smallest absolute Gasteiger partial charge is 0.225 e. The molecule has 0 radical (unpaired) electrons. The second-order valence-electron chi connectivity index (χ2n) is 8.92. The fourth-order valence-electron chi connectivity index (χ4n) is 5.32. The van der Waals surface area contributed by atoms with Gasteiger partial charge in [-0.2, -0.15) is 0 Å². The average Bonchev–Trinajstić information content (AvgIpc) is 2.78. The molecular weight excluding hydrogens is 260 g/mol. The summed E-state index contributed by atoms with van der Waals surface area (Å²) in [5.41, 5.74) is 0.338. The van der Waals surface area contributed by atoms with Crippen molar-refractivity contribution in [2.24, 2.45) is 29.1 Å². The molecule has 0 bridgehead atoms. The van der Waals surface area contributed by atoms with Crippen LogP contribution in [0.15, 0.2) is 0 Å². The Labute approximate surface area is 130 Å². The number of rotatable bonds is 1. The molecule has 0 aromatic rings. The lowest BCUT2D eigenvalue weighted by Gasteiger charge is -2.39. The van der Waals surface area contributed by atoms with Gasteiger partial charge in [0.25, 0.3) is 0 Å². The molecule has 2 heterocycles. The predicted octanol–water partition coefficient (Wildman–Crippen LogP) is 2.86. The van der Waals surface area contributed by atoms with Gasteiger partial charge in [-0.15, -0.1) is 0 Å². The van der Waals surface area contributed by atoms with Gasteiger partial charge >= 0.3 is 0 Å². The number of carbonyl (C=O) groups is 1. The maximum atomic E-state index is 13.0. The molecule has 1 saturated carbocycles. The van der Waals surface area contributed by atoms with Crippen molar-refractivity contribution >= 4 is 5.91 Å². The van der Waals surface area contributed by atoms with E-state index in [1.54, 1.807) is 0 Å². The molecule has 1 aliphatic carbocycles. The largest absolute Gasteiger partial charge is 0.342 e. The predicted molar refractivity (Wildman–Crippen MR) is 86.0 cm³/mol. The quantitative estimate of drug-likeness (QED) is 0.742. The summed E-state index contributed by atoms with van der Waals surface area (Å²) in [5.74, 6) is 2.92. The molecule has 0 aromatic carbocycles. The highest BCUT2D eigenvalue weighted by Gasteiger charge is 2.42. The van der Waals surface area contributed by atoms with Crippen LogP contribution < -0.4 is 0 Å². The molecule has 0 aromatic heterocycles. The van der Waals surface area contributed by atoms with Crippen molar-refractivity contribution in [3.8, 4) is 0 Å². The van der Waals surface area contributed by atoms with Crippen LogP contribution in [0.4, 0.5) is 0 Å². The van der Waals surface area contributed by atoms with Crippen LogP contribution in [0.1, 0.15) is 46.5 Å². The summed E-state index contributed by atoms with van der Waals surface area (Å²) < 4.78 is 0. The number of hydrogen-bond donors (Lipinski definition) is 0. The van der Waals surface area contributed by atoms with Crippen molar-refractivity contribution in [3.05, 3.63) is 0 Å². The van der Waals surface area contributed by atoms with Gasteiger partial charge in [0, 0.05) is 25.6 Å². The number of carbonyl (C=O) groups excluding carboxylic acids is 1. The second-order valence-corrected chi connectivity index (χ2v) is 8.92. The number of piperidine rings is 1. The molecule has 21 heavy (non-hydrogen) atoms. The number of hydrogen-bond acceptors (Lipinski definition) is 2. The normalized spacial score (nSPS) is 40.1. The van der Waals surface area contributed by atoms with Crippen molar-refractivity contribution in [1.29, 1.82) is 0 Å². The van der Waals surface area contributed by atoms with Crippen LogP contribution in [0.25, 0.3) is 0 Å². The molecule has 2 saturated heterocycles. The van der Waals surface area contributed by atoms with E-state index in [1.165, 1.54) is 25.9 Å². The Hall–Kier alpha value is -0.570. The fourth-order valence-corrected chi connectivity index (χ4v) is 5.32. The van der Waals surface area contributed by atoms with E-state index in [9.17, 15) is 4.79 Å². The lowest BCUT2D eigenvalue weighted by Crippen LogP contribution is -2.40. The van der Waals surface area contributed by atoms with E-state index in [4.69, 9.17) is 0 Å². The van der Waals surface area contributed by atoms with Crippen molar-refractivity contribution in [1.82, 2.24) is 9.80 Å². The number of amides is 1. The number of fused-ring (bicyclic) bond motifs is 1. The van der Waals surface area contributed by atoms with E-state index in [0.717, 1.165) is 37.8 Å². The summed E-state index contributed by atoms with van der Waals surface area (Å²) >= 11 is 0. The number of likely N-dealkylation sites (tertiary alicyclic amines) is 2. The minimum absolute atomic E-state index is 0.279. The van der Waals surface area contributed by atoms with Crippen LogP contribution in [0.2, 0.25) is 0 Å². The van der Waals surface area contributed by atoms with Gasteiger partial charge in [0.1, 0.15) is 0 Å². The topological polar surface area (TPSA) is 23.6 Å². The average molecular weight is 292 g/mol. The molecule has 0 spiro atoms. The lowest BCUT2D eigenvalue weighted by atomic mass is 9.67. The highest BCUT2D eigenvalue weighted by atomic mass is 16.2. The molecule has 4 atom stereocenters. The van der Waals surface area contributed by atoms with Crippen LogP contribution in [0.3, 0.4) is 0 Å². The highest BCUT2D eigenvalue weighted by molar-refractivity contribution is 5.79. The first-order valence-corrected chi connectivity index (χ1v) is 8.81. The first-order valence-electron chi connectivity index (χ1n) is 8.81. The first kappa shape index (κ1) is 15.3. The van der Waals surface area contributed by atoms with Gasteiger partial charge in [0.15, 0.2) is 0 Å². The molecule has 3 rings (SSSR count). The summed E-state index contributed by atoms with van der Waals surface area (Å²) in [6.07, 6.45) is 4.74. The van der Waals surface area contributed by atoms with E-state index < -0.39 is 0 Å². The zero-order valence-corrected chi connectivity index (χ0v) is 14.3. The van der Waals surface area contributed by atoms with Crippen LogP contribution in [0.5, 0.6) is 0 Å². The molecule has 3 aliphatic rings. The first-order chi connectivity index (χ1) is 9.84. The number of nitrogens with zero attached hydrogens (tertiary/aromatic N) is 2. The van der Waals surface area contributed by atoms with Gasteiger partial charge in [-0.25, -0.2) is 0 Å². The van der Waals surface area contributed by atoms with Crippen LogP contribution in [-0.4, -0.2) is 48.9 Å². The van der Waals surface area contributed by atoms with E-state index in [1.807, 2.05) is 0 Å². The standard InChI is InChI=1S/C18H32N2O/c1-13-7-15(9-18(2,3)8-13)17(21)20-11-14-5-6-19(4)10-16(14)12-20/h13-16H,5-12H2,1-4H3/t13?,14-,15?,16+/m0/s1. The summed E-state index contributed by atoms with van der Waals surface area (Å²) in [7, 11) is 2.21. The van der Waals surface area contributed by atoms with E-state index in [-0.39, 0.29) is 5.92 Å². The Balaban J connectivity index is 1.63. The molecule has 3 heteroatoms. The molecular formula is C18H32N2O. The third-order valence-corrected chi connectivity index (χ3v) is 6.05. The van der Waals surface area contributed by atoms with Gasteiger partial charge in [0.05, 0.1) is 0 Å². The minimum Gasteiger partial charge on any atom is -0.342 e. The van der Waals surface area contributed by atoms with Crippen LogP contribution >= 0.6 is 0 Å². The Morgan fingerprint density at radius 2 is 1.81 bits per heavy atom. The molecule has 120 valence electrons. The lowest BCUT2D eigenvalue weighted by molar-refractivity contribution is -0.137. The van der Waals surface area contributed by atoms with Crippen LogP contribution in [0, 0.1) is 29.1 Å². The maximum absolute atomic E-state index is 13.0. The van der Waals surface area contributed by atoms with Gasteiger partial charge in [-0.3, -0.25) is 4.79 Å². The van der Waals surface area contributed by atoms with Gasteiger partial charge < -0.3 is 9.80 Å². The molecule has 0 N–H and O–H groups in total. The van der Waals surface area contributed by atoms with Gasteiger partial charge in [0.2, 0.25) is 5.91 Å². The van der Waals surface area contributed by atoms with Crippen molar-refractivity contribution in [2.75, 3.05) is 33.2 Å². The highest BCUT2D eigenvalue weighted by Crippen LogP contribution is 2.43. The molecule has 1 amide bonds. The molecule has 2 aliphatic heterocycles. The van der Waals surface area contributed by atoms with Crippen molar-refractivity contribution in [2.45, 2.75) is 46.5 Å². The van der Waals surface area contributed by atoms with Crippen molar-refractivity contribution < 1.29 is 4.79 Å². The zero-order chi connectivity index (χ0) is 15.2. The SMILES string of the molecule is CC1CC(C(=O)N2C[C@H]3CN(C)CC[C@H]3C2)CC(C)(C)C1. The van der Waals surface area contributed by atoms with Crippen molar-refractivity contribution in [3.63, 3.8) is 0 Å². The summed E-state index contributed by atoms with van der Waals surface area (Å²) in [6, 6.07) is 0. The Bertz CT molecular complexity index is 406. The third-order valence-electron chi connectivity index (χ3n) is 6.05. The van der Waals surface area contributed by atoms with E-state index in [2.05, 4.69) is 37.6 Å². The summed E-state index contributed by atoms with van der Waals surface area (Å²) in [4.78, 5) is 17.6. The summed E-state index contributed by atoms with van der Waals surface area (Å²) in [5, 5.41) is 0. The second kappa shape index (κ2) is 5.57. The van der Waals surface area contributed by atoms with Gasteiger partial charge in [-0.05, 0) is 62.4 Å². The Morgan fingerprint density at radius 3 is 2.52 bits per heavy atom. The molecule has 3 nitrogen and oxygen atoms in total. The van der Waals surface area contributed by atoms with Crippen LogP contribution in [-0.2, 0) is 4.79 Å². The molecule has 3 fully saturated rings. The monoisotopic (exact) mass is 292 g/mol. The van der Waals surface area contributed by atoms with Gasteiger partial charge in [-0.1, -0.05) is 20.8 Å². The third kappa shape index (κ3) is 3.28. The van der Waals surface area contributed by atoms with E-state index in [0.29, 0.717) is 17.2 Å². The van der Waals surface area contributed by atoms with E-state index >= 15 is 0 Å².